The Balaban J connectivity index is 1.70. The van der Waals surface area contributed by atoms with Gasteiger partial charge in [-0.05, 0) is 72.6 Å². The zero-order chi connectivity index (χ0) is 25.7. The molecular weight excluding hydrogens is 513 g/mol. The van der Waals surface area contributed by atoms with E-state index in [1.807, 2.05) is 55.5 Å². The summed E-state index contributed by atoms with van der Waals surface area (Å²) in [5, 5.41) is 14.5. The predicted molar refractivity (Wildman–Crippen MR) is 147 cm³/mol. The Morgan fingerprint density at radius 3 is 2.33 bits per heavy atom. The van der Waals surface area contributed by atoms with Crippen molar-refractivity contribution in [2.75, 3.05) is 18.2 Å². The van der Waals surface area contributed by atoms with Crippen LogP contribution in [-0.4, -0.2) is 23.8 Å². The lowest BCUT2D eigenvalue weighted by atomic mass is 9.99. The van der Waals surface area contributed by atoms with Gasteiger partial charge in [0.2, 0.25) is 5.91 Å². The molecule has 180 valence electrons. The summed E-state index contributed by atoms with van der Waals surface area (Å²) in [4.78, 5) is 17.5. The maximum atomic E-state index is 12.8. The Labute approximate surface area is 224 Å². The molecule has 4 rings (SSSR count). The Kier molecular flexibility index (Phi) is 8.17. The maximum absolute atomic E-state index is 12.8. The Morgan fingerprint density at radius 1 is 1.00 bits per heavy atom. The molecule has 0 unspecified atom stereocenters. The SMILES string of the molecule is COc1ccc(-c2cc(-c3ccc(Cl)cc3)c(C#N)c(SCC(=O)Nc3cc(Cl)ccc3C)n2)cc1. The van der Waals surface area contributed by atoms with Crippen molar-refractivity contribution in [2.45, 2.75) is 11.9 Å². The van der Waals surface area contributed by atoms with Gasteiger partial charge in [-0.1, -0.05) is 53.2 Å². The van der Waals surface area contributed by atoms with Gasteiger partial charge in [0.25, 0.3) is 0 Å². The van der Waals surface area contributed by atoms with Crippen LogP contribution in [-0.2, 0) is 4.79 Å². The third-order valence-electron chi connectivity index (χ3n) is 5.45. The topological polar surface area (TPSA) is 75.0 Å². The van der Waals surface area contributed by atoms with Gasteiger partial charge in [-0.2, -0.15) is 5.26 Å². The molecule has 4 aromatic rings. The highest BCUT2D eigenvalue weighted by atomic mass is 35.5. The number of nitriles is 1. The molecule has 8 heteroatoms. The molecule has 0 aliphatic rings. The fourth-order valence-corrected chi connectivity index (χ4v) is 4.65. The third-order valence-corrected chi connectivity index (χ3v) is 6.92. The zero-order valence-corrected chi connectivity index (χ0v) is 21.8. The fourth-order valence-electron chi connectivity index (χ4n) is 3.55. The van der Waals surface area contributed by atoms with E-state index < -0.39 is 0 Å². The van der Waals surface area contributed by atoms with Gasteiger partial charge >= 0.3 is 0 Å². The van der Waals surface area contributed by atoms with E-state index in [1.165, 1.54) is 11.8 Å². The first kappa shape index (κ1) is 25.6. The molecule has 3 aromatic carbocycles. The van der Waals surface area contributed by atoms with Crippen LogP contribution < -0.4 is 10.1 Å². The minimum absolute atomic E-state index is 0.0692. The van der Waals surface area contributed by atoms with Crippen molar-refractivity contribution in [3.63, 3.8) is 0 Å². The number of rotatable bonds is 7. The number of amides is 1. The zero-order valence-electron chi connectivity index (χ0n) is 19.5. The summed E-state index contributed by atoms with van der Waals surface area (Å²) >= 11 is 13.4. The van der Waals surface area contributed by atoms with Crippen LogP contribution in [0.15, 0.2) is 77.8 Å². The number of carbonyl (C=O) groups excluding carboxylic acids is 1. The van der Waals surface area contributed by atoms with Crippen molar-refractivity contribution in [1.82, 2.24) is 4.98 Å². The number of aryl methyl sites for hydroxylation is 1. The second-order valence-electron chi connectivity index (χ2n) is 7.88. The number of benzene rings is 3. The number of nitrogens with zero attached hydrogens (tertiary/aromatic N) is 2. The smallest absolute Gasteiger partial charge is 0.234 e. The fraction of sp³-hybridized carbons (Fsp3) is 0.107. The Bertz CT molecular complexity index is 1450. The molecule has 0 saturated heterocycles. The van der Waals surface area contributed by atoms with Crippen molar-refractivity contribution in [2.24, 2.45) is 0 Å². The number of thioether (sulfide) groups is 1. The van der Waals surface area contributed by atoms with Crippen LogP contribution in [0.25, 0.3) is 22.4 Å². The second kappa shape index (κ2) is 11.5. The van der Waals surface area contributed by atoms with E-state index in [2.05, 4.69) is 11.4 Å². The summed E-state index contributed by atoms with van der Waals surface area (Å²) in [6, 6.07) is 24.3. The van der Waals surface area contributed by atoms with E-state index in [0.717, 1.165) is 22.4 Å². The largest absolute Gasteiger partial charge is 0.497 e. The van der Waals surface area contributed by atoms with Crippen molar-refractivity contribution in [3.05, 3.63) is 94.0 Å². The van der Waals surface area contributed by atoms with Crippen LogP contribution in [0.3, 0.4) is 0 Å². The van der Waals surface area contributed by atoms with Crippen LogP contribution in [0.1, 0.15) is 11.1 Å². The number of halogens is 2. The quantitative estimate of drug-likeness (QED) is 0.247. The molecule has 0 aliphatic carbocycles. The van der Waals surface area contributed by atoms with Gasteiger partial charge in [0.15, 0.2) is 0 Å². The van der Waals surface area contributed by atoms with E-state index in [1.54, 1.807) is 31.4 Å². The number of aromatic nitrogens is 1. The molecule has 36 heavy (non-hydrogen) atoms. The summed E-state index contributed by atoms with van der Waals surface area (Å²) < 4.78 is 5.27. The second-order valence-corrected chi connectivity index (χ2v) is 9.72. The molecule has 0 bridgehead atoms. The predicted octanol–water partition coefficient (Wildman–Crippen LogP) is 7.64. The number of pyridine rings is 1. The molecule has 0 spiro atoms. The highest BCUT2D eigenvalue weighted by molar-refractivity contribution is 8.00. The van der Waals surface area contributed by atoms with Gasteiger partial charge in [-0.3, -0.25) is 4.79 Å². The molecule has 5 nitrogen and oxygen atoms in total. The molecule has 0 aliphatic heterocycles. The van der Waals surface area contributed by atoms with Crippen molar-refractivity contribution in [1.29, 1.82) is 5.26 Å². The van der Waals surface area contributed by atoms with Crippen LogP contribution in [0.4, 0.5) is 5.69 Å². The van der Waals surface area contributed by atoms with E-state index >= 15 is 0 Å². The number of ether oxygens (including phenoxy) is 1. The maximum Gasteiger partial charge on any atom is 0.234 e. The van der Waals surface area contributed by atoms with Crippen molar-refractivity contribution >= 4 is 46.6 Å². The van der Waals surface area contributed by atoms with Gasteiger partial charge in [0, 0.05) is 26.9 Å². The molecule has 0 fully saturated rings. The summed E-state index contributed by atoms with van der Waals surface area (Å²) in [6.45, 7) is 1.89. The normalized spacial score (nSPS) is 10.5. The average Bonchev–Trinajstić information content (AvgIpc) is 2.89. The third kappa shape index (κ3) is 6.00. The molecule has 0 radical (unpaired) electrons. The number of carbonyl (C=O) groups is 1. The van der Waals surface area contributed by atoms with Crippen LogP contribution in [0.2, 0.25) is 10.0 Å². The van der Waals surface area contributed by atoms with Gasteiger partial charge in [0.05, 0.1) is 24.1 Å². The number of methoxy groups -OCH3 is 1. The molecular formula is C28H21Cl2N3O2S. The minimum Gasteiger partial charge on any atom is -0.497 e. The molecule has 1 aromatic heterocycles. The van der Waals surface area contributed by atoms with Gasteiger partial charge in [-0.25, -0.2) is 4.98 Å². The van der Waals surface area contributed by atoms with Gasteiger partial charge in [0.1, 0.15) is 16.8 Å². The number of hydrogen-bond donors (Lipinski definition) is 1. The lowest BCUT2D eigenvalue weighted by Gasteiger charge is -2.13. The van der Waals surface area contributed by atoms with Crippen LogP contribution in [0, 0.1) is 18.3 Å². The molecule has 1 N–H and O–H groups in total. The van der Waals surface area contributed by atoms with Gasteiger partial charge < -0.3 is 10.1 Å². The first-order valence-corrected chi connectivity index (χ1v) is 12.7. The average molecular weight is 534 g/mol. The highest BCUT2D eigenvalue weighted by Gasteiger charge is 2.17. The van der Waals surface area contributed by atoms with E-state index in [-0.39, 0.29) is 11.7 Å². The van der Waals surface area contributed by atoms with Crippen LogP contribution in [0.5, 0.6) is 5.75 Å². The van der Waals surface area contributed by atoms with Gasteiger partial charge in [-0.15, -0.1) is 0 Å². The summed E-state index contributed by atoms with van der Waals surface area (Å²) in [6.07, 6.45) is 0. The molecule has 0 atom stereocenters. The summed E-state index contributed by atoms with van der Waals surface area (Å²) in [7, 11) is 1.61. The number of nitrogens with one attached hydrogen (secondary N) is 1. The first-order chi connectivity index (χ1) is 17.4. The first-order valence-electron chi connectivity index (χ1n) is 10.9. The summed E-state index contributed by atoms with van der Waals surface area (Å²) in [5.74, 6) is 0.576. The summed E-state index contributed by atoms with van der Waals surface area (Å²) in [5.41, 5.74) is 5.02. The Morgan fingerprint density at radius 2 is 1.67 bits per heavy atom. The molecule has 1 amide bonds. The van der Waals surface area contributed by atoms with E-state index in [0.29, 0.717) is 37.6 Å². The molecule has 0 saturated carbocycles. The van der Waals surface area contributed by atoms with Crippen LogP contribution >= 0.6 is 35.0 Å². The van der Waals surface area contributed by atoms with E-state index in [4.69, 9.17) is 32.9 Å². The lowest BCUT2D eigenvalue weighted by Crippen LogP contribution is -2.15. The standard InChI is InChI=1S/C28H21Cl2N3O2S/c1-17-3-8-21(30)13-25(17)32-27(34)16-36-28-24(15-31)23(18-4-9-20(29)10-5-18)14-26(33-28)19-6-11-22(35-2)12-7-19/h3-14H,16H2,1-2H3,(H,32,34). The minimum atomic E-state index is -0.223. The number of anilines is 1. The highest BCUT2D eigenvalue weighted by Crippen LogP contribution is 2.35. The Hall–Kier alpha value is -3.50. The van der Waals surface area contributed by atoms with Crippen molar-refractivity contribution in [3.8, 4) is 34.2 Å². The number of hydrogen-bond acceptors (Lipinski definition) is 5. The van der Waals surface area contributed by atoms with E-state index in [9.17, 15) is 10.1 Å². The van der Waals surface area contributed by atoms with Crippen molar-refractivity contribution < 1.29 is 9.53 Å². The monoisotopic (exact) mass is 533 g/mol. The molecule has 1 heterocycles. The lowest BCUT2D eigenvalue weighted by molar-refractivity contribution is -0.113.